The fourth-order valence-electron chi connectivity index (χ4n) is 1.51. The lowest BCUT2D eigenvalue weighted by molar-refractivity contribution is -0.402. The Labute approximate surface area is 108 Å². The van der Waals surface area contributed by atoms with Crippen molar-refractivity contribution in [3.05, 3.63) is 63.9 Å². The third kappa shape index (κ3) is 3.41. The van der Waals surface area contributed by atoms with E-state index < -0.39 is 16.8 Å². The van der Waals surface area contributed by atoms with Crippen LogP contribution >= 0.6 is 0 Å². The molecule has 2 aromatic rings. The minimum atomic E-state index is -0.708. The smallest absolute Gasteiger partial charge is 0.433 e. The van der Waals surface area contributed by atoms with Gasteiger partial charge in [-0.3, -0.25) is 10.1 Å². The number of furan rings is 1. The summed E-state index contributed by atoms with van der Waals surface area (Å²) in [6.45, 7) is 0.192. The van der Waals surface area contributed by atoms with Crippen LogP contribution < -0.4 is 0 Å². The lowest BCUT2D eigenvalue weighted by Gasteiger charge is -2.02. The van der Waals surface area contributed by atoms with E-state index in [1.807, 2.05) is 30.3 Å². The van der Waals surface area contributed by atoms with E-state index in [4.69, 9.17) is 9.15 Å². The molecule has 0 saturated carbocycles. The van der Waals surface area contributed by atoms with Crippen LogP contribution in [0.25, 0.3) is 0 Å². The molecule has 6 heteroatoms. The molecule has 1 heterocycles. The first-order chi connectivity index (χ1) is 9.16. The van der Waals surface area contributed by atoms with Gasteiger partial charge in [0.25, 0.3) is 0 Å². The lowest BCUT2D eigenvalue weighted by Crippen LogP contribution is -2.07. The number of esters is 1. The zero-order chi connectivity index (χ0) is 13.7. The molecule has 98 valence electrons. The predicted molar refractivity (Wildman–Crippen MR) is 65.8 cm³/mol. The van der Waals surface area contributed by atoms with E-state index in [0.29, 0.717) is 6.42 Å². The highest BCUT2D eigenvalue weighted by Crippen LogP contribution is 2.16. The maximum Gasteiger partial charge on any atom is 0.433 e. The number of nitro groups is 1. The van der Waals surface area contributed by atoms with Gasteiger partial charge in [0.05, 0.1) is 12.7 Å². The first-order valence-corrected chi connectivity index (χ1v) is 5.62. The zero-order valence-electron chi connectivity index (χ0n) is 9.94. The number of ether oxygens (including phenoxy) is 1. The van der Waals surface area contributed by atoms with Crippen LogP contribution in [0.5, 0.6) is 0 Å². The molecule has 0 amide bonds. The highest BCUT2D eigenvalue weighted by molar-refractivity contribution is 5.86. The molecule has 0 unspecified atom stereocenters. The van der Waals surface area contributed by atoms with Crippen LogP contribution in [-0.2, 0) is 11.2 Å². The zero-order valence-corrected chi connectivity index (χ0v) is 9.94. The van der Waals surface area contributed by atoms with Crippen molar-refractivity contribution < 1.29 is 18.9 Å². The summed E-state index contributed by atoms with van der Waals surface area (Å²) < 4.78 is 9.71. The van der Waals surface area contributed by atoms with E-state index in [-0.39, 0.29) is 12.4 Å². The summed E-state index contributed by atoms with van der Waals surface area (Å²) in [5.74, 6) is -1.35. The third-order valence-corrected chi connectivity index (χ3v) is 2.44. The van der Waals surface area contributed by atoms with Crippen LogP contribution in [0, 0.1) is 10.1 Å². The van der Waals surface area contributed by atoms with Gasteiger partial charge in [-0.1, -0.05) is 30.3 Å². The molecular formula is C13H11NO5. The average Bonchev–Trinajstić information content (AvgIpc) is 2.89. The molecule has 2 rings (SSSR count). The third-order valence-electron chi connectivity index (χ3n) is 2.44. The molecule has 0 radical (unpaired) electrons. The average molecular weight is 261 g/mol. The largest absolute Gasteiger partial charge is 0.459 e. The molecule has 0 spiro atoms. The van der Waals surface area contributed by atoms with E-state index in [2.05, 4.69) is 0 Å². The van der Waals surface area contributed by atoms with E-state index in [1.54, 1.807) is 0 Å². The van der Waals surface area contributed by atoms with Crippen LogP contribution in [-0.4, -0.2) is 17.5 Å². The van der Waals surface area contributed by atoms with Gasteiger partial charge in [-0.05, 0) is 11.6 Å². The highest BCUT2D eigenvalue weighted by atomic mass is 16.7. The topological polar surface area (TPSA) is 82.6 Å². The Hall–Kier alpha value is -2.63. The summed E-state index contributed by atoms with van der Waals surface area (Å²) in [5.41, 5.74) is 1.04. The van der Waals surface area contributed by atoms with Crippen molar-refractivity contribution >= 4 is 11.9 Å². The van der Waals surface area contributed by atoms with Crippen LogP contribution in [0.4, 0.5) is 5.88 Å². The molecule has 0 aliphatic carbocycles. The van der Waals surface area contributed by atoms with Gasteiger partial charge in [-0.2, -0.15) is 0 Å². The summed E-state index contributed by atoms with van der Waals surface area (Å²) >= 11 is 0. The van der Waals surface area contributed by atoms with Gasteiger partial charge in [0.15, 0.2) is 0 Å². The van der Waals surface area contributed by atoms with Crippen molar-refractivity contribution in [2.24, 2.45) is 0 Å². The normalized spacial score (nSPS) is 10.1. The molecule has 6 nitrogen and oxygen atoms in total. The Balaban J connectivity index is 1.85. The molecule has 1 aromatic carbocycles. The maximum absolute atomic E-state index is 11.5. The Bertz CT molecular complexity index is 576. The van der Waals surface area contributed by atoms with Gasteiger partial charge < -0.3 is 9.15 Å². The Kier molecular flexibility index (Phi) is 3.92. The van der Waals surface area contributed by atoms with Gasteiger partial charge in [0, 0.05) is 6.42 Å². The fourth-order valence-corrected chi connectivity index (χ4v) is 1.51. The molecule has 0 bridgehead atoms. The number of hydrogen-bond acceptors (Lipinski definition) is 5. The fraction of sp³-hybridized carbons (Fsp3) is 0.154. The molecule has 0 N–H and O–H groups in total. The van der Waals surface area contributed by atoms with Gasteiger partial charge in [-0.25, -0.2) is 4.79 Å². The maximum atomic E-state index is 11.5. The van der Waals surface area contributed by atoms with Crippen LogP contribution in [0.15, 0.2) is 46.9 Å². The Morgan fingerprint density at radius 2 is 1.95 bits per heavy atom. The molecular weight excluding hydrogens is 250 g/mol. The molecule has 1 aromatic heterocycles. The van der Waals surface area contributed by atoms with E-state index in [1.165, 1.54) is 6.07 Å². The van der Waals surface area contributed by atoms with Crippen molar-refractivity contribution in [3.8, 4) is 0 Å². The Morgan fingerprint density at radius 3 is 2.58 bits per heavy atom. The Morgan fingerprint density at radius 1 is 1.21 bits per heavy atom. The first kappa shape index (κ1) is 12.8. The molecule has 0 aliphatic heterocycles. The first-order valence-electron chi connectivity index (χ1n) is 5.62. The number of rotatable bonds is 5. The van der Waals surface area contributed by atoms with Gasteiger partial charge in [0.1, 0.15) is 4.92 Å². The van der Waals surface area contributed by atoms with E-state index >= 15 is 0 Å². The summed E-state index contributed by atoms with van der Waals surface area (Å²) in [6, 6.07) is 11.9. The van der Waals surface area contributed by atoms with Crippen LogP contribution in [0.1, 0.15) is 16.1 Å². The molecule has 0 aliphatic rings. The second-order valence-electron chi connectivity index (χ2n) is 3.77. The van der Waals surface area contributed by atoms with Crippen molar-refractivity contribution in [1.29, 1.82) is 0 Å². The highest BCUT2D eigenvalue weighted by Gasteiger charge is 2.18. The number of benzene rings is 1. The van der Waals surface area contributed by atoms with Crippen molar-refractivity contribution in [2.75, 3.05) is 6.61 Å². The van der Waals surface area contributed by atoms with Crippen molar-refractivity contribution in [2.45, 2.75) is 6.42 Å². The van der Waals surface area contributed by atoms with Crippen LogP contribution in [0.3, 0.4) is 0 Å². The van der Waals surface area contributed by atoms with Crippen LogP contribution in [0.2, 0.25) is 0 Å². The van der Waals surface area contributed by atoms with E-state index in [0.717, 1.165) is 11.6 Å². The predicted octanol–water partition coefficient (Wildman–Crippen LogP) is 2.59. The summed E-state index contributed by atoms with van der Waals surface area (Å²) in [7, 11) is 0. The quantitative estimate of drug-likeness (QED) is 0.469. The second kappa shape index (κ2) is 5.81. The minimum absolute atomic E-state index is 0.167. The number of carbonyl (C=O) groups is 1. The monoisotopic (exact) mass is 261 g/mol. The van der Waals surface area contributed by atoms with Crippen molar-refractivity contribution in [1.82, 2.24) is 0 Å². The number of carbonyl (C=O) groups excluding carboxylic acids is 1. The lowest BCUT2D eigenvalue weighted by atomic mass is 10.2. The SMILES string of the molecule is O=C(OCCc1ccccc1)c1ccc([N+](=O)[O-])o1. The van der Waals surface area contributed by atoms with Gasteiger partial charge in [0.2, 0.25) is 5.76 Å². The van der Waals surface area contributed by atoms with Crippen molar-refractivity contribution in [3.63, 3.8) is 0 Å². The molecule has 0 fully saturated rings. The van der Waals surface area contributed by atoms with Gasteiger partial charge >= 0.3 is 11.9 Å². The second-order valence-corrected chi connectivity index (χ2v) is 3.77. The van der Waals surface area contributed by atoms with Gasteiger partial charge in [-0.15, -0.1) is 0 Å². The summed E-state index contributed by atoms with van der Waals surface area (Å²) in [4.78, 5) is 21.2. The number of nitrogens with zero attached hydrogens (tertiary/aromatic N) is 1. The molecule has 0 atom stereocenters. The summed E-state index contributed by atoms with van der Waals surface area (Å²) in [6.07, 6.45) is 0.579. The summed E-state index contributed by atoms with van der Waals surface area (Å²) in [5, 5.41) is 10.4. The standard InChI is InChI=1S/C13H11NO5/c15-13(11-6-7-12(19-11)14(16)17)18-9-8-10-4-2-1-3-5-10/h1-7H,8-9H2. The van der Waals surface area contributed by atoms with E-state index in [9.17, 15) is 14.9 Å². The number of hydrogen-bond donors (Lipinski definition) is 0. The minimum Gasteiger partial charge on any atom is -0.459 e. The molecule has 19 heavy (non-hydrogen) atoms. The molecule has 0 saturated heterocycles.